The van der Waals surface area contributed by atoms with Crippen molar-refractivity contribution in [1.82, 2.24) is 14.7 Å². The fourth-order valence-electron chi connectivity index (χ4n) is 3.78. The summed E-state index contributed by atoms with van der Waals surface area (Å²) in [5.41, 5.74) is 0.831. The molecule has 0 aromatic heterocycles. The van der Waals surface area contributed by atoms with Gasteiger partial charge in [-0.1, -0.05) is 18.2 Å². The van der Waals surface area contributed by atoms with E-state index in [9.17, 15) is 9.59 Å². The third-order valence-corrected chi connectivity index (χ3v) is 5.37. The Kier molecular flexibility index (Phi) is 6.63. The van der Waals surface area contributed by atoms with Crippen LogP contribution in [0.1, 0.15) is 26.2 Å². The van der Waals surface area contributed by atoms with Crippen LogP contribution in [0.2, 0.25) is 0 Å². The van der Waals surface area contributed by atoms with Gasteiger partial charge in [0, 0.05) is 44.5 Å². The maximum atomic E-state index is 12.5. The van der Waals surface area contributed by atoms with E-state index in [1.807, 2.05) is 35.2 Å². The molecule has 1 N–H and O–H groups in total. The molecule has 2 fully saturated rings. The zero-order valence-electron chi connectivity index (χ0n) is 15.7. The first-order valence-corrected chi connectivity index (χ1v) is 9.71. The van der Waals surface area contributed by atoms with Gasteiger partial charge in [0.25, 0.3) is 0 Å². The van der Waals surface area contributed by atoms with Gasteiger partial charge in [0.1, 0.15) is 0 Å². The summed E-state index contributed by atoms with van der Waals surface area (Å²) in [4.78, 5) is 31.1. The number of piperidine rings is 1. The molecule has 2 amide bonds. The van der Waals surface area contributed by atoms with Crippen LogP contribution in [0.4, 0.5) is 5.69 Å². The molecule has 2 aliphatic rings. The first-order valence-electron chi connectivity index (χ1n) is 9.71. The molecule has 3 rings (SSSR count). The monoisotopic (exact) mass is 358 g/mol. The number of benzene rings is 1. The summed E-state index contributed by atoms with van der Waals surface area (Å²) in [5, 5.41) is 2.93. The molecule has 0 radical (unpaired) electrons. The van der Waals surface area contributed by atoms with E-state index in [4.69, 9.17) is 0 Å². The number of nitrogens with one attached hydrogen (secondary N) is 1. The van der Waals surface area contributed by atoms with Crippen molar-refractivity contribution in [1.29, 1.82) is 0 Å². The van der Waals surface area contributed by atoms with E-state index in [0.29, 0.717) is 19.1 Å². The lowest BCUT2D eigenvalue weighted by Gasteiger charge is -2.37. The second kappa shape index (κ2) is 9.14. The van der Waals surface area contributed by atoms with Crippen LogP contribution in [-0.2, 0) is 9.59 Å². The highest BCUT2D eigenvalue weighted by Gasteiger charge is 2.26. The smallest absolute Gasteiger partial charge is 0.238 e. The van der Waals surface area contributed by atoms with Crippen LogP contribution in [0.3, 0.4) is 0 Å². The van der Waals surface area contributed by atoms with Crippen molar-refractivity contribution in [3.05, 3.63) is 30.3 Å². The number of hydrogen-bond acceptors (Lipinski definition) is 4. The Morgan fingerprint density at radius 2 is 1.62 bits per heavy atom. The minimum absolute atomic E-state index is 0.0165. The second-order valence-electron chi connectivity index (χ2n) is 7.40. The Bertz CT molecular complexity index is 599. The molecule has 2 aliphatic heterocycles. The predicted octanol–water partition coefficient (Wildman–Crippen LogP) is 1.64. The van der Waals surface area contributed by atoms with Crippen molar-refractivity contribution in [3.63, 3.8) is 0 Å². The first kappa shape index (κ1) is 18.9. The number of hydrogen-bond donors (Lipinski definition) is 1. The molecule has 1 unspecified atom stereocenters. The minimum atomic E-state index is 0.0165. The molecular weight excluding hydrogens is 328 g/mol. The van der Waals surface area contributed by atoms with Gasteiger partial charge in [0.2, 0.25) is 11.8 Å². The SMILES string of the molecule is CC1CCCCN1C(=O)CN1CCN(CC(=O)Nc2ccccc2)CC1. The van der Waals surface area contributed by atoms with E-state index in [1.165, 1.54) is 6.42 Å². The zero-order valence-corrected chi connectivity index (χ0v) is 15.7. The van der Waals surface area contributed by atoms with Crippen LogP contribution < -0.4 is 5.32 Å². The van der Waals surface area contributed by atoms with Gasteiger partial charge < -0.3 is 10.2 Å². The van der Waals surface area contributed by atoms with Crippen LogP contribution in [0.25, 0.3) is 0 Å². The lowest BCUT2D eigenvalue weighted by molar-refractivity contribution is -0.136. The average Bonchev–Trinajstić information content (AvgIpc) is 2.64. The summed E-state index contributed by atoms with van der Waals surface area (Å²) < 4.78 is 0. The molecular formula is C20H30N4O2. The lowest BCUT2D eigenvalue weighted by Crippen LogP contribution is -2.53. The Hall–Kier alpha value is -1.92. The number of para-hydroxylation sites is 1. The fraction of sp³-hybridized carbons (Fsp3) is 0.600. The van der Waals surface area contributed by atoms with Crippen molar-refractivity contribution in [3.8, 4) is 0 Å². The van der Waals surface area contributed by atoms with E-state index in [-0.39, 0.29) is 11.8 Å². The molecule has 142 valence electrons. The van der Waals surface area contributed by atoms with Gasteiger partial charge in [-0.15, -0.1) is 0 Å². The summed E-state index contributed by atoms with van der Waals surface area (Å²) in [6.45, 7) is 7.30. The maximum absolute atomic E-state index is 12.5. The molecule has 0 bridgehead atoms. The van der Waals surface area contributed by atoms with E-state index < -0.39 is 0 Å². The van der Waals surface area contributed by atoms with Crippen LogP contribution in [0, 0.1) is 0 Å². The van der Waals surface area contributed by atoms with Crippen molar-refractivity contribution in [2.24, 2.45) is 0 Å². The molecule has 2 saturated heterocycles. The van der Waals surface area contributed by atoms with Crippen LogP contribution in [-0.4, -0.2) is 78.4 Å². The first-order chi connectivity index (χ1) is 12.6. The van der Waals surface area contributed by atoms with Gasteiger partial charge in [-0.05, 0) is 38.3 Å². The second-order valence-corrected chi connectivity index (χ2v) is 7.40. The van der Waals surface area contributed by atoms with E-state index in [2.05, 4.69) is 22.0 Å². The van der Waals surface area contributed by atoms with Gasteiger partial charge in [0.15, 0.2) is 0 Å². The highest BCUT2D eigenvalue weighted by atomic mass is 16.2. The molecule has 0 spiro atoms. The van der Waals surface area contributed by atoms with E-state index in [0.717, 1.165) is 51.3 Å². The van der Waals surface area contributed by atoms with Gasteiger partial charge in [-0.2, -0.15) is 0 Å². The number of amides is 2. The molecule has 0 saturated carbocycles. The third kappa shape index (κ3) is 5.29. The van der Waals surface area contributed by atoms with Crippen molar-refractivity contribution < 1.29 is 9.59 Å². The zero-order chi connectivity index (χ0) is 18.4. The average molecular weight is 358 g/mol. The van der Waals surface area contributed by atoms with E-state index >= 15 is 0 Å². The topological polar surface area (TPSA) is 55.9 Å². The number of carbonyl (C=O) groups is 2. The number of likely N-dealkylation sites (tertiary alicyclic amines) is 1. The standard InChI is InChI=1S/C20H30N4O2/c1-17-7-5-6-10-24(17)20(26)16-23-13-11-22(12-14-23)15-19(25)21-18-8-3-2-4-9-18/h2-4,8-9,17H,5-7,10-16H2,1H3,(H,21,25). The number of carbonyl (C=O) groups excluding carboxylic acids is 2. The molecule has 1 aromatic rings. The highest BCUT2D eigenvalue weighted by Crippen LogP contribution is 2.17. The Labute approximate surface area is 156 Å². The van der Waals surface area contributed by atoms with Gasteiger partial charge in [-0.3, -0.25) is 19.4 Å². The summed E-state index contributed by atoms with van der Waals surface area (Å²) >= 11 is 0. The summed E-state index contributed by atoms with van der Waals surface area (Å²) in [6, 6.07) is 9.91. The molecule has 6 heteroatoms. The predicted molar refractivity (Wildman–Crippen MR) is 103 cm³/mol. The highest BCUT2D eigenvalue weighted by molar-refractivity contribution is 5.92. The largest absolute Gasteiger partial charge is 0.339 e. The maximum Gasteiger partial charge on any atom is 0.238 e. The Morgan fingerprint density at radius 3 is 2.27 bits per heavy atom. The number of piperazine rings is 1. The minimum Gasteiger partial charge on any atom is -0.339 e. The number of nitrogens with zero attached hydrogens (tertiary/aromatic N) is 3. The molecule has 26 heavy (non-hydrogen) atoms. The van der Waals surface area contributed by atoms with Gasteiger partial charge >= 0.3 is 0 Å². The normalized spacial score (nSPS) is 22.2. The van der Waals surface area contributed by atoms with Crippen molar-refractivity contribution in [2.75, 3.05) is 51.1 Å². The Balaban J connectivity index is 1.38. The molecule has 2 heterocycles. The van der Waals surface area contributed by atoms with Crippen LogP contribution >= 0.6 is 0 Å². The summed E-state index contributed by atoms with van der Waals surface area (Å²) in [5.74, 6) is 0.273. The number of anilines is 1. The van der Waals surface area contributed by atoms with Crippen LogP contribution in [0.15, 0.2) is 30.3 Å². The molecule has 6 nitrogen and oxygen atoms in total. The molecule has 1 atom stereocenters. The van der Waals surface area contributed by atoms with E-state index in [1.54, 1.807) is 0 Å². The molecule has 1 aromatic carbocycles. The lowest BCUT2D eigenvalue weighted by atomic mass is 10.0. The fourth-order valence-corrected chi connectivity index (χ4v) is 3.78. The van der Waals surface area contributed by atoms with Crippen molar-refractivity contribution in [2.45, 2.75) is 32.2 Å². The molecule has 0 aliphatic carbocycles. The summed E-state index contributed by atoms with van der Waals surface area (Å²) in [7, 11) is 0. The van der Waals surface area contributed by atoms with Gasteiger partial charge in [-0.25, -0.2) is 0 Å². The third-order valence-electron chi connectivity index (χ3n) is 5.37. The van der Waals surface area contributed by atoms with Crippen molar-refractivity contribution >= 4 is 17.5 Å². The van der Waals surface area contributed by atoms with Gasteiger partial charge in [0.05, 0.1) is 13.1 Å². The summed E-state index contributed by atoms with van der Waals surface area (Å²) in [6.07, 6.45) is 3.48. The number of rotatable bonds is 5. The quantitative estimate of drug-likeness (QED) is 0.869. The van der Waals surface area contributed by atoms with Crippen LogP contribution in [0.5, 0.6) is 0 Å². The Morgan fingerprint density at radius 1 is 0.962 bits per heavy atom.